The summed E-state index contributed by atoms with van der Waals surface area (Å²) >= 11 is 0. The van der Waals surface area contributed by atoms with E-state index in [2.05, 4.69) is 10.2 Å². The van der Waals surface area contributed by atoms with Crippen LogP contribution in [-0.4, -0.2) is 33.0 Å². The molecular weight excluding hydrogens is 172 g/mol. The van der Waals surface area contributed by atoms with Crippen molar-refractivity contribution in [1.29, 1.82) is 0 Å². The summed E-state index contributed by atoms with van der Waals surface area (Å²) < 4.78 is 0. The van der Waals surface area contributed by atoms with Gasteiger partial charge in [0.1, 0.15) is 5.69 Å². The second-order valence-corrected chi connectivity index (χ2v) is 2.25. The lowest BCUT2D eigenvalue weighted by Gasteiger charge is -1.90. The number of rotatable bonds is 2. The number of nitrogens with zero attached hydrogens (tertiary/aromatic N) is 1. The fourth-order valence-corrected chi connectivity index (χ4v) is 0.764. The molecule has 1 aromatic heterocycles. The van der Waals surface area contributed by atoms with E-state index in [0.29, 0.717) is 6.42 Å². The maximum Gasteiger partial charge on any atom is 0.354 e. The molecule has 74 valence electrons. The van der Waals surface area contributed by atoms with Crippen molar-refractivity contribution >= 4 is 5.97 Å². The van der Waals surface area contributed by atoms with Crippen LogP contribution in [0.3, 0.4) is 0 Å². The van der Waals surface area contributed by atoms with Crippen LogP contribution in [-0.2, 0) is 6.42 Å². The normalized spacial score (nSPS) is 8.85. The number of carboxylic acid groups (broad SMARTS) is 1. The number of aromatic amines is 1. The molecule has 13 heavy (non-hydrogen) atoms. The Hall–Kier alpha value is -1.36. The Kier molecular flexibility index (Phi) is 5.54. The lowest BCUT2D eigenvalue weighted by atomic mass is 10.2. The van der Waals surface area contributed by atoms with E-state index in [1.165, 1.54) is 6.20 Å². The Bertz CT molecular complexity index is 258. The molecule has 0 unspecified atom stereocenters. The van der Waals surface area contributed by atoms with Gasteiger partial charge in [0.05, 0.1) is 6.20 Å². The third-order valence-corrected chi connectivity index (χ3v) is 1.31. The van der Waals surface area contributed by atoms with Gasteiger partial charge in [0, 0.05) is 12.2 Å². The highest BCUT2D eigenvalue weighted by Crippen LogP contribution is 2.03. The Balaban J connectivity index is 0.000000424. The molecule has 0 atom stereocenters. The van der Waals surface area contributed by atoms with Gasteiger partial charge < -0.3 is 10.2 Å². The van der Waals surface area contributed by atoms with Crippen molar-refractivity contribution in [3.8, 4) is 0 Å². The van der Waals surface area contributed by atoms with E-state index in [9.17, 15) is 4.79 Å². The van der Waals surface area contributed by atoms with Crippen LogP contribution in [0.4, 0.5) is 0 Å². The van der Waals surface area contributed by atoms with Crippen molar-refractivity contribution < 1.29 is 15.0 Å². The molecule has 0 saturated heterocycles. The molecule has 0 amide bonds. The predicted octanol–water partition coefficient (Wildman–Crippen LogP) is 0.669. The van der Waals surface area contributed by atoms with E-state index in [0.717, 1.165) is 5.56 Å². The first-order chi connectivity index (χ1) is 6.17. The van der Waals surface area contributed by atoms with E-state index < -0.39 is 5.97 Å². The molecular formula is C8H14N2O3. The lowest BCUT2D eigenvalue weighted by molar-refractivity contribution is 0.0689. The minimum absolute atomic E-state index is 0.197. The lowest BCUT2D eigenvalue weighted by Crippen LogP contribution is -2.00. The Morgan fingerprint density at radius 3 is 2.46 bits per heavy atom. The summed E-state index contributed by atoms with van der Waals surface area (Å²) in [5.74, 6) is -0.950. The van der Waals surface area contributed by atoms with Crippen molar-refractivity contribution in [2.75, 3.05) is 6.61 Å². The van der Waals surface area contributed by atoms with Gasteiger partial charge in [-0.1, -0.05) is 6.92 Å². The molecule has 5 nitrogen and oxygen atoms in total. The molecule has 3 N–H and O–H groups in total. The molecule has 1 rings (SSSR count). The molecule has 1 aromatic rings. The number of hydrogen-bond donors (Lipinski definition) is 3. The molecule has 1 heterocycles. The second kappa shape index (κ2) is 6.19. The maximum atomic E-state index is 10.4. The van der Waals surface area contributed by atoms with Gasteiger partial charge in [0.2, 0.25) is 0 Å². The largest absolute Gasteiger partial charge is 0.477 e. The number of aliphatic hydroxyl groups excluding tert-OH is 1. The standard InChI is InChI=1S/C6H8N2O2.C2H6O/c1-2-4-3-7-8-5(4)6(9)10;1-2-3/h3H,2H2,1H3,(H,7,8)(H,9,10);3H,2H2,1H3. The van der Waals surface area contributed by atoms with Crippen molar-refractivity contribution in [1.82, 2.24) is 10.2 Å². The van der Waals surface area contributed by atoms with Crippen LogP contribution in [0.25, 0.3) is 0 Å². The van der Waals surface area contributed by atoms with Crippen LogP contribution in [0.15, 0.2) is 6.20 Å². The fraction of sp³-hybridized carbons (Fsp3) is 0.500. The first kappa shape index (κ1) is 11.6. The fourth-order valence-electron chi connectivity index (χ4n) is 0.764. The first-order valence-corrected chi connectivity index (χ1v) is 4.03. The summed E-state index contributed by atoms with van der Waals surface area (Å²) in [7, 11) is 0. The molecule has 0 aliphatic carbocycles. The number of nitrogens with one attached hydrogen (secondary N) is 1. The Morgan fingerprint density at radius 1 is 1.62 bits per heavy atom. The molecule has 0 aliphatic heterocycles. The minimum atomic E-state index is -0.950. The molecule has 0 fully saturated rings. The highest BCUT2D eigenvalue weighted by atomic mass is 16.4. The minimum Gasteiger partial charge on any atom is -0.477 e. The number of carboxylic acids is 1. The molecule has 0 aliphatic rings. The third kappa shape index (κ3) is 3.71. The van der Waals surface area contributed by atoms with Crippen LogP contribution < -0.4 is 0 Å². The molecule has 0 saturated carbocycles. The van der Waals surface area contributed by atoms with Gasteiger partial charge in [0.25, 0.3) is 0 Å². The summed E-state index contributed by atoms with van der Waals surface area (Å²) in [6, 6.07) is 0. The maximum absolute atomic E-state index is 10.4. The SMILES string of the molecule is CCO.CCc1cn[nH]c1C(=O)O. The average molecular weight is 186 g/mol. The second-order valence-electron chi connectivity index (χ2n) is 2.25. The van der Waals surface area contributed by atoms with Crippen molar-refractivity contribution in [2.24, 2.45) is 0 Å². The van der Waals surface area contributed by atoms with E-state index in [-0.39, 0.29) is 12.3 Å². The molecule has 0 spiro atoms. The van der Waals surface area contributed by atoms with Crippen molar-refractivity contribution in [3.05, 3.63) is 17.5 Å². The number of carbonyl (C=O) groups is 1. The predicted molar refractivity (Wildman–Crippen MR) is 47.7 cm³/mol. The van der Waals surface area contributed by atoms with Gasteiger partial charge in [-0.05, 0) is 13.3 Å². The summed E-state index contributed by atoms with van der Waals surface area (Å²) in [6.45, 7) is 3.82. The van der Waals surface area contributed by atoms with E-state index in [1.54, 1.807) is 6.92 Å². The summed E-state index contributed by atoms with van der Waals surface area (Å²) in [4.78, 5) is 10.4. The third-order valence-electron chi connectivity index (χ3n) is 1.31. The smallest absolute Gasteiger partial charge is 0.354 e. The topological polar surface area (TPSA) is 86.2 Å². The summed E-state index contributed by atoms with van der Waals surface area (Å²) in [6.07, 6.45) is 2.22. The number of aryl methyl sites for hydroxylation is 1. The summed E-state index contributed by atoms with van der Waals surface area (Å²) in [5.41, 5.74) is 0.940. The molecule has 0 aromatic carbocycles. The molecule has 5 heteroatoms. The zero-order valence-electron chi connectivity index (χ0n) is 7.74. The van der Waals surface area contributed by atoms with E-state index in [4.69, 9.17) is 10.2 Å². The monoisotopic (exact) mass is 186 g/mol. The van der Waals surface area contributed by atoms with Gasteiger partial charge in [-0.25, -0.2) is 4.79 Å². The average Bonchev–Trinajstić information content (AvgIpc) is 2.52. The number of H-pyrrole nitrogens is 1. The van der Waals surface area contributed by atoms with Gasteiger partial charge in [0.15, 0.2) is 0 Å². The highest BCUT2D eigenvalue weighted by molar-refractivity contribution is 5.86. The van der Waals surface area contributed by atoms with Gasteiger partial charge in [-0.3, -0.25) is 5.10 Å². The molecule has 0 radical (unpaired) electrons. The van der Waals surface area contributed by atoms with Crippen LogP contribution in [0, 0.1) is 0 Å². The van der Waals surface area contributed by atoms with E-state index in [1.807, 2.05) is 6.92 Å². The Labute approximate surface area is 76.4 Å². The first-order valence-electron chi connectivity index (χ1n) is 4.03. The van der Waals surface area contributed by atoms with Crippen molar-refractivity contribution in [3.63, 3.8) is 0 Å². The van der Waals surface area contributed by atoms with E-state index >= 15 is 0 Å². The summed E-state index contributed by atoms with van der Waals surface area (Å²) in [5, 5.41) is 22.1. The van der Waals surface area contributed by atoms with Gasteiger partial charge >= 0.3 is 5.97 Å². The number of aromatic nitrogens is 2. The number of aromatic carboxylic acids is 1. The zero-order chi connectivity index (χ0) is 10.3. The molecule has 0 bridgehead atoms. The van der Waals surface area contributed by atoms with Crippen LogP contribution in [0.2, 0.25) is 0 Å². The quantitative estimate of drug-likeness (QED) is 0.633. The number of hydrogen-bond acceptors (Lipinski definition) is 3. The van der Waals surface area contributed by atoms with Crippen LogP contribution in [0.1, 0.15) is 29.9 Å². The highest BCUT2D eigenvalue weighted by Gasteiger charge is 2.09. The zero-order valence-corrected chi connectivity index (χ0v) is 7.74. The van der Waals surface area contributed by atoms with Crippen LogP contribution >= 0.6 is 0 Å². The number of aliphatic hydroxyl groups is 1. The van der Waals surface area contributed by atoms with Crippen LogP contribution in [0.5, 0.6) is 0 Å². The van der Waals surface area contributed by atoms with Gasteiger partial charge in [-0.2, -0.15) is 5.10 Å². The Morgan fingerprint density at radius 2 is 2.15 bits per heavy atom. The van der Waals surface area contributed by atoms with Gasteiger partial charge in [-0.15, -0.1) is 0 Å². The van der Waals surface area contributed by atoms with Crippen molar-refractivity contribution in [2.45, 2.75) is 20.3 Å².